The molecule has 2 aromatic rings. The van der Waals surface area contributed by atoms with Crippen molar-refractivity contribution in [2.45, 2.75) is 31.5 Å². The van der Waals surface area contributed by atoms with Crippen LogP contribution >= 0.6 is 0 Å². The van der Waals surface area contributed by atoms with Crippen LogP contribution < -0.4 is 0 Å². The van der Waals surface area contributed by atoms with Crippen LogP contribution in [0.1, 0.15) is 28.9 Å². The smallest absolute Gasteiger partial charge is 0.276 e. The molecule has 0 radical (unpaired) electrons. The largest absolute Gasteiger partial charge is 0.329 e. The Balaban J connectivity index is 1.50. The maximum Gasteiger partial charge on any atom is 0.276 e. The van der Waals surface area contributed by atoms with Gasteiger partial charge in [0.25, 0.3) is 5.91 Å². The van der Waals surface area contributed by atoms with Gasteiger partial charge in [0.15, 0.2) is 5.69 Å². The van der Waals surface area contributed by atoms with Crippen LogP contribution in [-0.2, 0) is 6.54 Å². The molecule has 0 aliphatic carbocycles. The second kappa shape index (κ2) is 5.77. The van der Waals surface area contributed by atoms with E-state index in [0.717, 1.165) is 31.5 Å². The van der Waals surface area contributed by atoms with E-state index < -0.39 is 0 Å². The fraction of sp³-hybridized carbons (Fsp3) is 0.471. The molecule has 4 rings (SSSR count). The summed E-state index contributed by atoms with van der Waals surface area (Å²) in [6.45, 7) is 2.55. The monoisotopic (exact) mass is 311 g/mol. The first-order valence-electron chi connectivity index (χ1n) is 8.16. The van der Waals surface area contributed by atoms with Crippen molar-refractivity contribution < 1.29 is 4.79 Å². The Morgan fingerprint density at radius 3 is 2.57 bits per heavy atom. The maximum atomic E-state index is 12.8. The van der Waals surface area contributed by atoms with Crippen molar-refractivity contribution in [1.29, 1.82) is 0 Å². The molecule has 6 nitrogen and oxygen atoms in total. The van der Waals surface area contributed by atoms with Gasteiger partial charge in [-0.15, -0.1) is 5.10 Å². The van der Waals surface area contributed by atoms with Crippen LogP contribution in [0.5, 0.6) is 0 Å². The third-order valence-corrected chi connectivity index (χ3v) is 4.84. The molecule has 0 spiro atoms. The number of amides is 1. The number of nitrogens with zero attached hydrogens (tertiary/aromatic N) is 5. The highest BCUT2D eigenvalue weighted by atomic mass is 16.2. The summed E-state index contributed by atoms with van der Waals surface area (Å²) in [5.41, 5.74) is 1.61. The molecule has 6 heteroatoms. The van der Waals surface area contributed by atoms with Gasteiger partial charge in [-0.2, -0.15) is 0 Å². The molecule has 2 aliphatic rings. The van der Waals surface area contributed by atoms with Gasteiger partial charge < -0.3 is 9.80 Å². The first kappa shape index (κ1) is 14.4. The van der Waals surface area contributed by atoms with Crippen molar-refractivity contribution in [1.82, 2.24) is 24.8 Å². The topological polar surface area (TPSA) is 54.3 Å². The number of carbonyl (C=O) groups is 1. The minimum atomic E-state index is 0.0323. The van der Waals surface area contributed by atoms with E-state index in [9.17, 15) is 4.79 Å². The summed E-state index contributed by atoms with van der Waals surface area (Å²) in [6.07, 6.45) is 3.96. The fourth-order valence-corrected chi connectivity index (χ4v) is 3.82. The van der Waals surface area contributed by atoms with Crippen molar-refractivity contribution in [2.24, 2.45) is 0 Å². The molecule has 120 valence electrons. The molecule has 1 amide bonds. The molecule has 0 N–H and O–H groups in total. The van der Waals surface area contributed by atoms with Crippen LogP contribution in [0.4, 0.5) is 0 Å². The predicted octanol–water partition coefficient (Wildman–Crippen LogP) is 1.24. The number of likely N-dealkylation sites (N-methyl/N-ethyl adjacent to an activating group) is 1. The molecule has 2 atom stereocenters. The van der Waals surface area contributed by atoms with E-state index in [1.165, 1.54) is 0 Å². The Morgan fingerprint density at radius 2 is 1.87 bits per heavy atom. The molecule has 3 heterocycles. The predicted molar refractivity (Wildman–Crippen MR) is 86.0 cm³/mol. The number of fused-ring (bicyclic) bond motifs is 2. The van der Waals surface area contributed by atoms with Crippen LogP contribution in [0.3, 0.4) is 0 Å². The zero-order valence-electron chi connectivity index (χ0n) is 13.3. The van der Waals surface area contributed by atoms with Crippen LogP contribution in [-0.4, -0.2) is 62.9 Å². The number of hydrogen-bond acceptors (Lipinski definition) is 4. The van der Waals surface area contributed by atoms with Gasteiger partial charge in [0, 0.05) is 25.2 Å². The first-order chi connectivity index (χ1) is 11.2. The molecule has 1 aromatic carbocycles. The zero-order valence-corrected chi connectivity index (χ0v) is 13.3. The average Bonchev–Trinajstić information content (AvgIpc) is 3.11. The van der Waals surface area contributed by atoms with Gasteiger partial charge in [0.05, 0.1) is 12.7 Å². The van der Waals surface area contributed by atoms with Crippen molar-refractivity contribution >= 4 is 5.91 Å². The second-order valence-corrected chi connectivity index (χ2v) is 6.61. The molecule has 0 unspecified atom stereocenters. The Labute approximate surface area is 135 Å². The number of benzene rings is 1. The van der Waals surface area contributed by atoms with Gasteiger partial charge in [-0.25, -0.2) is 4.68 Å². The Kier molecular flexibility index (Phi) is 3.61. The lowest BCUT2D eigenvalue weighted by atomic mass is 10.2. The summed E-state index contributed by atoms with van der Waals surface area (Å²) in [6, 6.07) is 10.7. The Hall–Kier alpha value is -2.21. The van der Waals surface area contributed by atoms with Gasteiger partial charge in [-0.3, -0.25) is 4.79 Å². The molecule has 2 saturated heterocycles. The fourth-order valence-electron chi connectivity index (χ4n) is 3.82. The van der Waals surface area contributed by atoms with Gasteiger partial charge in [0.2, 0.25) is 0 Å². The summed E-state index contributed by atoms with van der Waals surface area (Å²) in [7, 11) is 2.13. The standard InChI is InChI=1S/C17H21N5O/c1-20-10-14-7-8-15(11-20)22(14)17(23)16-12-21(19-18-16)9-13-5-3-2-4-6-13/h2-6,12,14-15H,7-11H2,1H3/t14-,15+. The minimum absolute atomic E-state index is 0.0323. The molecule has 2 bridgehead atoms. The van der Waals surface area contributed by atoms with E-state index in [-0.39, 0.29) is 5.91 Å². The summed E-state index contributed by atoms with van der Waals surface area (Å²) >= 11 is 0. The molecule has 1 aromatic heterocycles. The van der Waals surface area contributed by atoms with E-state index in [1.807, 2.05) is 35.2 Å². The number of piperazine rings is 1. The highest BCUT2D eigenvalue weighted by molar-refractivity contribution is 5.92. The molecule has 2 fully saturated rings. The molecular weight excluding hydrogens is 290 g/mol. The van der Waals surface area contributed by atoms with Gasteiger partial charge in [-0.05, 0) is 25.5 Å². The Bertz CT molecular complexity index is 684. The molecule has 23 heavy (non-hydrogen) atoms. The van der Waals surface area contributed by atoms with E-state index in [2.05, 4.69) is 22.3 Å². The van der Waals surface area contributed by atoms with Gasteiger partial charge in [-0.1, -0.05) is 35.5 Å². The summed E-state index contributed by atoms with van der Waals surface area (Å²) < 4.78 is 1.74. The minimum Gasteiger partial charge on any atom is -0.329 e. The third-order valence-electron chi connectivity index (χ3n) is 4.84. The summed E-state index contributed by atoms with van der Waals surface area (Å²) in [5.74, 6) is 0.0323. The van der Waals surface area contributed by atoms with E-state index in [1.54, 1.807) is 10.9 Å². The summed E-state index contributed by atoms with van der Waals surface area (Å²) in [4.78, 5) is 17.2. The van der Waals surface area contributed by atoms with E-state index >= 15 is 0 Å². The van der Waals surface area contributed by atoms with Crippen LogP contribution in [0.15, 0.2) is 36.5 Å². The lowest BCUT2D eigenvalue weighted by Gasteiger charge is -2.39. The number of aromatic nitrogens is 3. The van der Waals surface area contributed by atoms with E-state index in [4.69, 9.17) is 0 Å². The second-order valence-electron chi connectivity index (χ2n) is 6.61. The molecule has 0 saturated carbocycles. The molecular formula is C17H21N5O. The average molecular weight is 311 g/mol. The normalized spacial score (nSPS) is 24.1. The van der Waals surface area contributed by atoms with Crippen molar-refractivity contribution in [2.75, 3.05) is 20.1 Å². The lowest BCUT2D eigenvalue weighted by Crippen LogP contribution is -2.54. The number of likely N-dealkylation sites (tertiary alicyclic amines) is 1. The zero-order chi connectivity index (χ0) is 15.8. The number of hydrogen-bond donors (Lipinski definition) is 0. The van der Waals surface area contributed by atoms with E-state index in [0.29, 0.717) is 24.3 Å². The highest BCUT2D eigenvalue weighted by Gasteiger charge is 2.42. The first-order valence-corrected chi connectivity index (χ1v) is 8.16. The SMILES string of the molecule is CN1C[C@H]2CC[C@@H](C1)N2C(=O)c1cn(Cc2ccccc2)nn1. The summed E-state index contributed by atoms with van der Waals surface area (Å²) in [5, 5.41) is 8.23. The third kappa shape index (κ3) is 2.74. The van der Waals surface area contributed by atoms with Crippen molar-refractivity contribution in [3.8, 4) is 0 Å². The van der Waals surface area contributed by atoms with Gasteiger partial charge in [0.1, 0.15) is 0 Å². The van der Waals surface area contributed by atoms with Crippen molar-refractivity contribution in [3.05, 3.63) is 47.8 Å². The van der Waals surface area contributed by atoms with Crippen molar-refractivity contribution in [3.63, 3.8) is 0 Å². The number of carbonyl (C=O) groups excluding carboxylic acids is 1. The quantitative estimate of drug-likeness (QED) is 0.856. The van der Waals surface area contributed by atoms with Gasteiger partial charge >= 0.3 is 0 Å². The van der Waals surface area contributed by atoms with Crippen LogP contribution in [0.2, 0.25) is 0 Å². The lowest BCUT2D eigenvalue weighted by molar-refractivity contribution is 0.0467. The van der Waals surface area contributed by atoms with Crippen LogP contribution in [0.25, 0.3) is 0 Å². The molecule has 2 aliphatic heterocycles. The highest BCUT2D eigenvalue weighted by Crippen LogP contribution is 2.30. The van der Waals surface area contributed by atoms with Crippen LogP contribution in [0, 0.1) is 0 Å². The maximum absolute atomic E-state index is 12.8. The Morgan fingerprint density at radius 1 is 1.17 bits per heavy atom. The number of rotatable bonds is 3.